The molecule has 3 aromatic heterocycles. The lowest BCUT2D eigenvalue weighted by Crippen LogP contribution is -2.04. The van der Waals surface area contributed by atoms with Crippen LogP contribution in [-0.4, -0.2) is 31.8 Å². The fraction of sp³-hybridized carbons (Fsp3) is 0.316. The molecule has 1 atom stereocenters. The Bertz CT molecular complexity index is 1070. The summed E-state index contributed by atoms with van der Waals surface area (Å²) >= 11 is 0. The highest BCUT2D eigenvalue weighted by Crippen LogP contribution is 2.30. The summed E-state index contributed by atoms with van der Waals surface area (Å²) in [7, 11) is 0. The molecule has 0 aliphatic carbocycles. The number of hydrogen-bond donors (Lipinski definition) is 4. The van der Waals surface area contributed by atoms with Gasteiger partial charge in [0.25, 0.3) is 0 Å². The summed E-state index contributed by atoms with van der Waals surface area (Å²) in [4.78, 5) is 12.2. The molecule has 0 aliphatic rings. The summed E-state index contributed by atoms with van der Waals surface area (Å²) in [5.41, 5.74) is 9.70. The second kappa shape index (κ2) is 7.24. The average molecular weight is 365 g/mol. The minimum absolute atomic E-state index is 0.0715. The lowest BCUT2D eigenvalue weighted by Gasteiger charge is -2.13. The monoisotopic (exact) mass is 365 g/mol. The number of ether oxygens (including phenoxy) is 1. The molecule has 0 aliphatic heterocycles. The zero-order valence-corrected chi connectivity index (χ0v) is 15.4. The molecule has 4 rings (SSSR count). The van der Waals surface area contributed by atoms with Crippen LogP contribution in [0.25, 0.3) is 21.9 Å². The number of aromatic nitrogens is 5. The van der Waals surface area contributed by atoms with E-state index in [0.29, 0.717) is 17.4 Å². The Morgan fingerprint density at radius 3 is 3.04 bits per heavy atom. The van der Waals surface area contributed by atoms with E-state index in [0.717, 1.165) is 47.0 Å². The summed E-state index contributed by atoms with van der Waals surface area (Å²) in [5, 5.41) is 12.0. The number of nitrogens with two attached hydrogens (primary N) is 1. The van der Waals surface area contributed by atoms with Gasteiger partial charge < -0.3 is 20.8 Å². The van der Waals surface area contributed by atoms with Crippen LogP contribution in [0, 0.1) is 0 Å². The zero-order valence-electron chi connectivity index (χ0n) is 15.4. The third-order valence-corrected chi connectivity index (χ3v) is 4.59. The third kappa shape index (κ3) is 3.43. The molecule has 0 spiro atoms. The van der Waals surface area contributed by atoms with E-state index in [9.17, 15) is 0 Å². The number of anilines is 3. The van der Waals surface area contributed by atoms with Crippen molar-refractivity contribution in [1.29, 1.82) is 0 Å². The number of fused-ring (bicyclic) bond motifs is 2. The molecule has 140 valence electrons. The van der Waals surface area contributed by atoms with E-state index in [-0.39, 0.29) is 6.10 Å². The molecule has 0 fully saturated rings. The van der Waals surface area contributed by atoms with Crippen LogP contribution in [0.3, 0.4) is 0 Å². The molecule has 8 nitrogen and oxygen atoms in total. The molecule has 0 amide bonds. The van der Waals surface area contributed by atoms with Gasteiger partial charge in [-0.05, 0) is 31.5 Å². The summed E-state index contributed by atoms with van der Waals surface area (Å²) in [5.74, 6) is 0.860. The van der Waals surface area contributed by atoms with Gasteiger partial charge in [-0.2, -0.15) is 15.1 Å². The van der Waals surface area contributed by atoms with Gasteiger partial charge in [0.2, 0.25) is 5.95 Å². The minimum Gasteiger partial charge on any atom is -0.383 e. The van der Waals surface area contributed by atoms with Gasteiger partial charge in [0.05, 0.1) is 23.2 Å². The first kappa shape index (κ1) is 17.3. The van der Waals surface area contributed by atoms with Crippen molar-refractivity contribution >= 4 is 39.4 Å². The molecule has 0 saturated heterocycles. The Balaban J connectivity index is 1.60. The van der Waals surface area contributed by atoms with Crippen molar-refractivity contribution in [2.45, 2.75) is 32.8 Å². The predicted molar refractivity (Wildman–Crippen MR) is 107 cm³/mol. The Kier molecular flexibility index (Phi) is 4.64. The molecule has 3 heterocycles. The minimum atomic E-state index is -0.0715. The number of nitrogen functional groups attached to an aromatic ring is 1. The second-order valence-electron chi connectivity index (χ2n) is 6.56. The Hall–Kier alpha value is -3.13. The van der Waals surface area contributed by atoms with Crippen molar-refractivity contribution in [2.24, 2.45) is 0 Å². The van der Waals surface area contributed by atoms with Crippen LogP contribution in [0.15, 0.2) is 30.6 Å². The maximum atomic E-state index is 6.24. The fourth-order valence-corrected chi connectivity index (χ4v) is 3.10. The van der Waals surface area contributed by atoms with Crippen LogP contribution >= 0.6 is 0 Å². The van der Waals surface area contributed by atoms with Crippen molar-refractivity contribution < 1.29 is 4.74 Å². The van der Waals surface area contributed by atoms with E-state index in [1.165, 1.54) is 0 Å². The van der Waals surface area contributed by atoms with Gasteiger partial charge in [0.15, 0.2) is 0 Å². The molecule has 4 aromatic rings. The van der Waals surface area contributed by atoms with Gasteiger partial charge >= 0.3 is 0 Å². The first-order valence-corrected chi connectivity index (χ1v) is 9.12. The van der Waals surface area contributed by atoms with E-state index < -0.39 is 0 Å². The number of rotatable bonds is 7. The van der Waals surface area contributed by atoms with Gasteiger partial charge in [0.1, 0.15) is 11.5 Å². The maximum Gasteiger partial charge on any atom is 0.231 e. The van der Waals surface area contributed by atoms with Crippen LogP contribution in [0.1, 0.15) is 38.4 Å². The number of benzene rings is 1. The van der Waals surface area contributed by atoms with E-state index in [1.54, 1.807) is 6.20 Å². The average Bonchev–Trinajstić information content (AvgIpc) is 3.28. The standard InChI is InChI=1S/C19H23N7O/c1-3-4-7-27-11(2)14-10-21-18-16(14)17(20)24-19(25-18)23-13-6-5-12-9-22-26-15(12)8-13/h5-6,8-11H,3-4,7H2,1-2H3,(H,22,26)(H4,20,21,23,24,25). The number of hydrogen-bond acceptors (Lipinski definition) is 6. The molecule has 5 N–H and O–H groups in total. The molecule has 27 heavy (non-hydrogen) atoms. The Labute approximate surface area is 156 Å². The summed E-state index contributed by atoms with van der Waals surface area (Å²) in [6.07, 6.45) is 5.74. The largest absolute Gasteiger partial charge is 0.383 e. The smallest absolute Gasteiger partial charge is 0.231 e. The molecule has 8 heteroatoms. The predicted octanol–water partition coefficient (Wildman–Crippen LogP) is 4.04. The van der Waals surface area contributed by atoms with Gasteiger partial charge in [-0.15, -0.1) is 0 Å². The molecule has 1 unspecified atom stereocenters. The highest BCUT2D eigenvalue weighted by molar-refractivity contribution is 5.91. The zero-order chi connectivity index (χ0) is 18.8. The highest BCUT2D eigenvalue weighted by atomic mass is 16.5. The number of H-pyrrole nitrogens is 2. The highest BCUT2D eigenvalue weighted by Gasteiger charge is 2.17. The van der Waals surface area contributed by atoms with Gasteiger partial charge in [0, 0.05) is 29.4 Å². The van der Waals surface area contributed by atoms with E-state index in [2.05, 4.69) is 37.4 Å². The lowest BCUT2D eigenvalue weighted by molar-refractivity contribution is 0.0646. The molecule has 0 bridgehead atoms. The first-order valence-electron chi connectivity index (χ1n) is 9.12. The number of aromatic amines is 2. The van der Waals surface area contributed by atoms with E-state index >= 15 is 0 Å². The molecular weight excluding hydrogens is 342 g/mol. The van der Waals surface area contributed by atoms with Crippen LogP contribution in [0.4, 0.5) is 17.5 Å². The topological polar surface area (TPSA) is 118 Å². The van der Waals surface area contributed by atoms with Gasteiger partial charge in [-0.1, -0.05) is 13.3 Å². The van der Waals surface area contributed by atoms with Crippen LogP contribution in [0.5, 0.6) is 0 Å². The lowest BCUT2D eigenvalue weighted by atomic mass is 10.1. The summed E-state index contributed by atoms with van der Waals surface area (Å²) in [6, 6.07) is 5.88. The van der Waals surface area contributed by atoms with Crippen molar-refractivity contribution in [3.05, 3.63) is 36.2 Å². The van der Waals surface area contributed by atoms with Crippen LogP contribution in [0.2, 0.25) is 0 Å². The number of nitrogens with one attached hydrogen (secondary N) is 3. The molecule has 0 saturated carbocycles. The van der Waals surface area contributed by atoms with Crippen molar-refractivity contribution in [2.75, 3.05) is 17.7 Å². The Morgan fingerprint density at radius 2 is 2.19 bits per heavy atom. The normalized spacial score (nSPS) is 12.7. The van der Waals surface area contributed by atoms with Gasteiger partial charge in [-0.25, -0.2) is 0 Å². The van der Waals surface area contributed by atoms with Crippen LogP contribution in [-0.2, 0) is 4.74 Å². The SMILES string of the molecule is CCCCOC(C)c1c[nH]c2nc(Nc3ccc4cn[nH]c4c3)nc(N)c12. The van der Waals surface area contributed by atoms with Gasteiger partial charge in [-0.3, -0.25) is 5.10 Å². The second-order valence-corrected chi connectivity index (χ2v) is 6.56. The number of unbranched alkanes of at least 4 members (excludes halogenated alkanes) is 1. The first-order chi connectivity index (χ1) is 13.2. The van der Waals surface area contributed by atoms with Crippen molar-refractivity contribution in [3.63, 3.8) is 0 Å². The molecule has 1 aromatic carbocycles. The van der Waals surface area contributed by atoms with Crippen LogP contribution < -0.4 is 11.1 Å². The molecule has 0 radical (unpaired) electrons. The number of nitrogens with zero attached hydrogens (tertiary/aromatic N) is 3. The quantitative estimate of drug-likeness (QED) is 0.367. The van der Waals surface area contributed by atoms with Crippen molar-refractivity contribution in [3.8, 4) is 0 Å². The third-order valence-electron chi connectivity index (χ3n) is 4.59. The van der Waals surface area contributed by atoms with E-state index in [4.69, 9.17) is 10.5 Å². The van der Waals surface area contributed by atoms with Crippen molar-refractivity contribution in [1.82, 2.24) is 25.1 Å². The maximum absolute atomic E-state index is 6.24. The molecular formula is C19H23N7O. The summed E-state index contributed by atoms with van der Waals surface area (Å²) in [6.45, 7) is 4.88. The Morgan fingerprint density at radius 1 is 1.30 bits per heavy atom. The summed E-state index contributed by atoms with van der Waals surface area (Å²) < 4.78 is 5.89. The van der Waals surface area contributed by atoms with E-state index in [1.807, 2.05) is 31.3 Å². The fourth-order valence-electron chi connectivity index (χ4n) is 3.10.